The number of ether oxygens (including phenoxy) is 2. The molecule has 0 bridgehead atoms. The van der Waals surface area contributed by atoms with Crippen LogP contribution in [0.25, 0.3) is 0 Å². The number of nitrogens with zero attached hydrogens (tertiary/aromatic N) is 1. The summed E-state index contributed by atoms with van der Waals surface area (Å²) in [5.74, 6) is -0.919. The molecule has 0 aromatic heterocycles. The molecule has 0 amide bonds. The van der Waals surface area contributed by atoms with E-state index in [0.717, 1.165) is 70.6 Å². The minimum absolute atomic E-state index is 0.0109. The molecule has 9 nitrogen and oxygen atoms in total. The highest BCUT2D eigenvalue weighted by atomic mass is 31.2. The molecule has 0 spiro atoms. The molecule has 0 aliphatic rings. The fourth-order valence-corrected chi connectivity index (χ4v) is 6.19. The van der Waals surface area contributed by atoms with Gasteiger partial charge in [0.15, 0.2) is 6.10 Å². The van der Waals surface area contributed by atoms with Crippen molar-refractivity contribution in [3.8, 4) is 0 Å². The minimum Gasteiger partial charge on any atom is -0.462 e. The number of hydrogen-bond donors (Lipinski definition) is 1. The minimum atomic E-state index is -4.39. The van der Waals surface area contributed by atoms with Gasteiger partial charge in [0.2, 0.25) is 0 Å². The molecule has 2 unspecified atom stereocenters. The average molecular weight is 844 g/mol. The Bertz CT molecular complexity index is 1300. The van der Waals surface area contributed by atoms with Crippen LogP contribution in [0.2, 0.25) is 0 Å². The number of likely N-dealkylation sites (N-methyl/N-ethyl adjacent to an activating group) is 1. The summed E-state index contributed by atoms with van der Waals surface area (Å²) in [4.78, 5) is 37.0. The van der Waals surface area contributed by atoms with Crippen molar-refractivity contribution in [1.29, 1.82) is 0 Å². The van der Waals surface area contributed by atoms with Crippen LogP contribution < -0.4 is 0 Å². The molecule has 10 heteroatoms. The van der Waals surface area contributed by atoms with E-state index in [9.17, 15) is 19.0 Å². The zero-order valence-corrected chi connectivity index (χ0v) is 38.3. The number of carbonyl (C=O) groups is 2. The predicted molar refractivity (Wildman–Crippen MR) is 247 cm³/mol. The number of allylic oxidation sites excluding steroid dienone is 16. The van der Waals surface area contributed by atoms with Crippen molar-refractivity contribution < 1.29 is 37.6 Å². The molecule has 59 heavy (non-hydrogen) atoms. The molecule has 0 saturated heterocycles. The monoisotopic (exact) mass is 844 g/mol. The second-order valence-electron chi connectivity index (χ2n) is 14.8. The maximum absolute atomic E-state index is 12.7. The molecular formula is C49H82NO8P. The Balaban J connectivity index is 4.43. The van der Waals surface area contributed by atoms with Gasteiger partial charge in [0.05, 0.1) is 13.2 Å². The van der Waals surface area contributed by atoms with Gasteiger partial charge in [-0.2, -0.15) is 0 Å². The van der Waals surface area contributed by atoms with Crippen LogP contribution >= 0.6 is 7.82 Å². The third-order valence-corrected chi connectivity index (χ3v) is 9.87. The fraction of sp³-hybridized carbons (Fsp3) is 0.633. The molecular weight excluding hydrogens is 762 g/mol. The highest BCUT2D eigenvalue weighted by Gasteiger charge is 2.26. The number of phosphoric acid groups is 1. The lowest BCUT2D eigenvalue weighted by molar-refractivity contribution is -0.161. The van der Waals surface area contributed by atoms with Crippen LogP contribution in [-0.4, -0.2) is 68.3 Å². The number of phosphoric ester groups is 1. The van der Waals surface area contributed by atoms with Gasteiger partial charge in [0.25, 0.3) is 0 Å². The lowest BCUT2D eigenvalue weighted by Crippen LogP contribution is -2.29. The number of carbonyl (C=O) groups excluding carboxylic acids is 2. The van der Waals surface area contributed by atoms with Crippen molar-refractivity contribution in [2.75, 3.05) is 40.5 Å². The van der Waals surface area contributed by atoms with Crippen LogP contribution in [0, 0.1) is 0 Å². The van der Waals surface area contributed by atoms with E-state index >= 15 is 0 Å². The highest BCUT2D eigenvalue weighted by molar-refractivity contribution is 7.47. The van der Waals surface area contributed by atoms with Crippen molar-refractivity contribution >= 4 is 19.8 Å². The smallest absolute Gasteiger partial charge is 0.462 e. The number of rotatable bonds is 40. The quantitative estimate of drug-likeness (QED) is 0.0279. The summed E-state index contributed by atoms with van der Waals surface area (Å²) in [6.45, 7) is 4.07. The zero-order valence-electron chi connectivity index (χ0n) is 37.4. The molecule has 0 aliphatic heterocycles. The van der Waals surface area contributed by atoms with Gasteiger partial charge in [-0.3, -0.25) is 18.6 Å². The zero-order chi connectivity index (χ0) is 43.3. The molecule has 0 aromatic carbocycles. The predicted octanol–water partition coefficient (Wildman–Crippen LogP) is 13.2. The standard InChI is InChI=1S/C49H82NO8P/c1-5-7-9-11-13-15-17-19-21-23-24-26-27-29-31-33-35-37-39-41-48(51)55-45-47(46-57-59(53,54)56-44-43-50(3)4)58-49(52)42-40-38-36-34-32-30-28-25-22-20-18-16-14-12-10-8-6-2/h7,9,13-16,19-22,24,26,29,31,35,37,47H,5-6,8,10-12,17-18,23,25,27-28,30,32-34,36,38-46H2,1-4H3,(H,53,54)/b9-7-,15-13-,16-14-,21-19-,22-20-,26-24-,31-29-,37-35-. The van der Waals surface area contributed by atoms with E-state index in [-0.39, 0.29) is 26.1 Å². The van der Waals surface area contributed by atoms with Crippen LogP contribution in [0.4, 0.5) is 0 Å². The molecule has 0 fully saturated rings. The summed E-state index contributed by atoms with van der Waals surface area (Å²) in [5, 5.41) is 0. The van der Waals surface area contributed by atoms with E-state index in [4.69, 9.17) is 18.5 Å². The number of hydrogen-bond acceptors (Lipinski definition) is 8. The summed E-state index contributed by atoms with van der Waals surface area (Å²) in [5.41, 5.74) is 0. The molecule has 0 rings (SSSR count). The van der Waals surface area contributed by atoms with Crippen molar-refractivity contribution in [2.24, 2.45) is 0 Å². The van der Waals surface area contributed by atoms with E-state index in [1.54, 1.807) is 4.90 Å². The normalized spacial score (nSPS) is 14.3. The Morgan fingerprint density at radius 1 is 0.542 bits per heavy atom. The van der Waals surface area contributed by atoms with Gasteiger partial charge in [-0.05, 0) is 97.6 Å². The Labute approximate surface area is 360 Å². The Morgan fingerprint density at radius 2 is 1.00 bits per heavy atom. The van der Waals surface area contributed by atoms with Crippen LogP contribution in [0.3, 0.4) is 0 Å². The summed E-state index contributed by atoms with van der Waals surface area (Å²) in [7, 11) is -0.760. The van der Waals surface area contributed by atoms with E-state index < -0.39 is 32.5 Å². The Morgan fingerprint density at radius 3 is 1.51 bits per heavy atom. The van der Waals surface area contributed by atoms with Gasteiger partial charge >= 0.3 is 19.8 Å². The number of esters is 2. The molecule has 0 radical (unpaired) electrons. The maximum Gasteiger partial charge on any atom is 0.472 e. The first-order chi connectivity index (χ1) is 28.7. The fourth-order valence-electron chi connectivity index (χ4n) is 5.45. The van der Waals surface area contributed by atoms with Crippen LogP contribution in [0.15, 0.2) is 97.2 Å². The molecule has 1 N–H and O–H groups in total. The van der Waals surface area contributed by atoms with Gasteiger partial charge in [-0.25, -0.2) is 4.57 Å². The van der Waals surface area contributed by atoms with Gasteiger partial charge < -0.3 is 19.3 Å². The van der Waals surface area contributed by atoms with Crippen molar-refractivity contribution in [2.45, 2.75) is 161 Å². The number of unbranched alkanes of at least 4 members (excludes halogenated alkanes) is 10. The van der Waals surface area contributed by atoms with Crippen molar-refractivity contribution in [3.05, 3.63) is 97.2 Å². The first kappa shape index (κ1) is 55.9. The van der Waals surface area contributed by atoms with E-state index in [1.807, 2.05) is 26.2 Å². The van der Waals surface area contributed by atoms with Crippen molar-refractivity contribution in [3.63, 3.8) is 0 Å². The lowest BCUT2D eigenvalue weighted by Gasteiger charge is -2.20. The molecule has 0 aliphatic carbocycles. The second kappa shape index (κ2) is 43.0. The third kappa shape index (κ3) is 44.3. The second-order valence-corrected chi connectivity index (χ2v) is 16.3. The summed E-state index contributed by atoms with van der Waals surface area (Å²) in [6, 6.07) is 0. The largest absolute Gasteiger partial charge is 0.472 e. The van der Waals surface area contributed by atoms with Crippen molar-refractivity contribution in [1.82, 2.24) is 4.90 Å². The summed E-state index contributed by atoms with van der Waals surface area (Å²) in [6.07, 6.45) is 54.6. The first-order valence-corrected chi connectivity index (χ1v) is 24.0. The molecule has 336 valence electrons. The van der Waals surface area contributed by atoms with E-state index in [2.05, 4.69) is 98.9 Å². The molecule has 0 heterocycles. The van der Waals surface area contributed by atoms with Crippen LogP contribution in [-0.2, 0) is 32.7 Å². The third-order valence-electron chi connectivity index (χ3n) is 8.89. The maximum atomic E-state index is 12.7. The lowest BCUT2D eigenvalue weighted by atomic mass is 10.1. The van der Waals surface area contributed by atoms with Crippen LogP contribution in [0.1, 0.15) is 155 Å². The van der Waals surface area contributed by atoms with Gasteiger partial charge in [0.1, 0.15) is 6.61 Å². The molecule has 0 saturated carbocycles. The van der Waals surface area contributed by atoms with E-state index in [1.165, 1.54) is 44.9 Å². The average Bonchev–Trinajstić information content (AvgIpc) is 3.20. The van der Waals surface area contributed by atoms with Gasteiger partial charge in [-0.1, -0.05) is 156 Å². The topological polar surface area (TPSA) is 112 Å². The molecule has 0 aromatic rings. The first-order valence-electron chi connectivity index (χ1n) is 22.5. The summed E-state index contributed by atoms with van der Waals surface area (Å²) >= 11 is 0. The molecule has 2 atom stereocenters. The SMILES string of the molecule is CC/C=C\C/C=C\C/C=C\C/C=C\C/C=C\C/C=C\CCC(=O)OCC(COP(=O)(O)OCCN(C)C)OC(=O)CCCCCCCCC/C=C\C/C=C\CCCCC. The van der Waals surface area contributed by atoms with Gasteiger partial charge in [0, 0.05) is 19.4 Å². The Hall–Kier alpha value is -3.07. The van der Waals surface area contributed by atoms with Crippen LogP contribution in [0.5, 0.6) is 0 Å². The highest BCUT2D eigenvalue weighted by Crippen LogP contribution is 2.43. The van der Waals surface area contributed by atoms with Gasteiger partial charge in [-0.15, -0.1) is 0 Å². The summed E-state index contributed by atoms with van der Waals surface area (Å²) < 4.78 is 33.4. The Kier molecular flexibility index (Phi) is 40.8. The van der Waals surface area contributed by atoms with E-state index in [0.29, 0.717) is 19.4 Å².